The number of rotatable bonds is 12. The summed E-state index contributed by atoms with van der Waals surface area (Å²) >= 11 is 1.69. The Balaban J connectivity index is 1.11. The zero-order chi connectivity index (χ0) is 33.8. The lowest BCUT2D eigenvalue weighted by molar-refractivity contribution is 0.0923. The molecule has 2 heterocycles. The summed E-state index contributed by atoms with van der Waals surface area (Å²) < 4.78 is 26.2. The van der Waals surface area contributed by atoms with E-state index in [1.807, 2.05) is 62.4 Å². The monoisotopic (exact) mass is 661 g/mol. The van der Waals surface area contributed by atoms with Crippen molar-refractivity contribution in [3.63, 3.8) is 0 Å². The summed E-state index contributed by atoms with van der Waals surface area (Å²) in [6, 6.07) is 26.0. The average Bonchev–Trinajstić information content (AvgIpc) is 3.74. The van der Waals surface area contributed by atoms with Crippen LogP contribution in [0.5, 0.6) is 23.0 Å². The number of nitrogens with zero attached hydrogens (tertiary/aromatic N) is 3. The van der Waals surface area contributed by atoms with Gasteiger partial charge in [-0.2, -0.15) is 9.78 Å². The number of thiazole rings is 1. The second-order valence-electron chi connectivity index (χ2n) is 11.7. The zero-order valence-corrected chi connectivity index (χ0v) is 28.9. The number of aryl methyl sites for hydroxylation is 2. The molecule has 48 heavy (non-hydrogen) atoms. The van der Waals surface area contributed by atoms with Crippen LogP contribution in [0, 0.1) is 20.8 Å². The Morgan fingerprint density at radius 3 is 2.15 bits per heavy atom. The number of hydrogen-bond acceptors (Lipinski definition) is 8. The van der Waals surface area contributed by atoms with E-state index in [2.05, 4.69) is 42.4 Å². The number of carbonyl (C=O) groups is 1. The fourth-order valence-corrected chi connectivity index (χ4v) is 6.52. The quantitative estimate of drug-likeness (QED) is 0.121. The molecule has 8 nitrogen and oxygen atoms in total. The van der Waals surface area contributed by atoms with E-state index >= 15 is 0 Å². The van der Waals surface area contributed by atoms with Gasteiger partial charge in [-0.25, -0.2) is 4.98 Å². The van der Waals surface area contributed by atoms with Gasteiger partial charge in [0.2, 0.25) is 5.91 Å². The van der Waals surface area contributed by atoms with E-state index in [0.717, 1.165) is 68.2 Å². The molecule has 0 aliphatic heterocycles. The molecular weight excluding hydrogens is 623 g/mol. The Morgan fingerprint density at radius 1 is 0.729 bits per heavy atom. The Morgan fingerprint density at radius 2 is 1.42 bits per heavy atom. The molecular formula is C39H39N3O5S. The van der Waals surface area contributed by atoms with Crippen LogP contribution in [0.4, 0.5) is 0 Å². The topological polar surface area (TPSA) is 84.7 Å². The highest BCUT2D eigenvalue weighted by molar-refractivity contribution is 7.21. The van der Waals surface area contributed by atoms with Crippen molar-refractivity contribution in [2.24, 2.45) is 0 Å². The standard InChI is InChI=1S/C39H39N3O5S/c1-24-13-14-29(39-40-31-11-7-8-12-38(31)48-39)21-35(24)46-17-9-10-18-47-37-20-28(15-16-34(37)44-5)33-23-32(41-42(33)27(4)43)30-19-25(2)26(3)36(22-30)45-6/h7-8,11-16,19-23H,9-10,17-18H2,1-6H3. The van der Waals surface area contributed by atoms with E-state index in [1.165, 1.54) is 16.3 Å². The molecule has 2 aromatic heterocycles. The number of fused-ring (bicyclic) bond motifs is 1. The number of ether oxygens (including phenoxy) is 4. The normalized spacial score (nSPS) is 11.1. The maximum absolute atomic E-state index is 12.7. The summed E-state index contributed by atoms with van der Waals surface area (Å²) in [5.74, 6) is 2.67. The van der Waals surface area contributed by atoms with Crippen LogP contribution in [0.25, 0.3) is 43.3 Å². The van der Waals surface area contributed by atoms with Gasteiger partial charge in [0.1, 0.15) is 16.5 Å². The summed E-state index contributed by atoms with van der Waals surface area (Å²) in [5.41, 5.74) is 8.32. The molecule has 0 saturated heterocycles. The Hall–Kier alpha value is -5.15. The van der Waals surface area contributed by atoms with Crippen molar-refractivity contribution in [1.29, 1.82) is 0 Å². The van der Waals surface area contributed by atoms with Crippen LogP contribution < -0.4 is 18.9 Å². The lowest BCUT2D eigenvalue weighted by Crippen LogP contribution is -2.09. The van der Waals surface area contributed by atoms with Crippen molar-refractivity contribution in [2.75, 3.05) is 27.4 Å². The predicted octanol–water partition coefficient (Wildman–Crippen LogP) is 9.33. The second-order valence-corrected chi connectivity index (χ2v) is 12.7. The fourth-order valence-electron chi connectivity index (χ4n) is 5.56. The van der Waals surface area contributed by atoms with Gasteiger partial charge in [-0.1, -0.05) is 24.3 Å². The van der Waals surface area contributed by atoms with Gasteiger partial charge in [0.25, 0.3) is 0 Å². The smallest absolute Gasteiger partial charge is 0.244 e. The van der Waals surface area contributed by atoms with Crippen LogP contribution in [-0.4, -0.2) is 48.1 Å². The van der Waals surface area contributed by atoms with E-state index < -0.39 is 0 Å². The van der Waals surface area contributed by atoms with Gasteiger partial charge in [-0.15, -0.1) is 11.3 Å². The predicted molar refractivity (Wildman–Crippen MR) is 192 cm³/mol. The summed E-state index contributed by atoms with van der Waals surface area (Å²) in [7, 11) is 3.27. The number of hydrogen-bond donors (Lipinski definition) is 0. The molecule has 9 heteroatoms. The maximum atomic E-state index is 12.7. The second kappa shape index (κ2) is 14.3. The van der Waals surface area contributed by atoms with Crippen molar-refractivity contribution in [3.8, 4) is 56.1 Å². The Kier molecular flexibility index (Phi) is 9.77. The first-order chi connectivity index (χ1) is 23.2. The number of para-hydroxylation sites is 1. The molecule has 0 aliphatic rings. The zero-order valence-electron chi connectivity index (χ0n) is 28.1. The van der Waals surface area contributed by atoms with Gasteiger partial charge in [-0.05, 0) is 105 Å². The molecule has 0 spiro atoms. The van der Waals surface area contributed by atoms with E-state index in [9.17, 15) is 4.79 Å². The van der Waals surface area contributed by atoms with Crippen molar-refractivity contribution < 1.29 is 23.7 Å². The molecule has 6 rings (SSSR count). The third kappa shape index (κ3) is 6.92. The highest BCUT2D eigenvalue weighted by Crippen LogP contribution is 2.36. The van der Waals surface area contributed by atoms with Gasteiger partial charge >= 0.3 is 0 Å². The molecule has 4 aromatic carbocycles. The first-order valence-electron chi connectivity index (χ1n) is 15.9. The molecule has 0 N–H and O–H groups in total. The van der Waals surface area contributed by atoms with Crippen molar-refractivity contribution in [3.05, 3.63) is 95.6 Å². The summed E-state index contributed by atoms with van der Waals surface area (Å²) in [4.78, 5) is 17.5. The van der Waals surface area contributed by atoms with E-state index in [-0.39, 0.29) is 5.91 Å². The van der Waals surface area contributed by atoms with Crippen molar-refractivity contribution >= 4 is 27.5 Å². The highest BCUT2D eigenvalue weighted by Gasteiger charge is 2.18. The Bertz CT molecular complexity index is 2060. The van der Waals surface area contributed by atoms with Gasteiger partial charge < -0.3 is 18.9 Å². The molecule has 0 saturated carbocycles. The van der Waals surface area contributed by atoms with Crippen LogP contribution in [0.15, 0.2) is 78.9 Å². The van der Waals surface area contributed by atoms with Crippen molar-refractivity contribution in [2.45, 2.75) is 40.5 Å². The number of carbonyl (C=O) groups excluding carboxylic acids is 1. The van der Waals surface area contributed by atoms with Crippen LogP contribution in [0.3, 0.4) is 0 Å². The van der Waals surface area contributed by atoms with Crippen LogP contribution in [0.2, 0.25) is 0 Å². The number of benzene rings is 4. The van der Waals surface area contributed by atoms with Gasteiger partial charge in [-0.3, -0.25) is 4.79 Å². The molecule has 246 valence electrons. The molecule has 0 unspecified atom stereocenters. The fraction of sp³-hybridized carbons (Fsp3) is 0.256. The number of aromatic nitrogens is 3. The van der Waals surface area contributed by atoms with Crippen LogP contribution in [-0.2, 0) is 0 Å². The maximum Gasteiger partial charge on any atom is 0.244 e. The van der Waals surface area contributed by atoms with E-state index in [1.54, 1.807) is 25.6 Å². The van der Waals surface area contributed by atoms with Crippen LogP contribution >= 0.6 is 11.3 Å². The first kappa shape index (κ1) is 32.8. The minimum Gasteiger partial charge on any atom is -0.496 e. The highest BCUT2D eigenvalue weighted by atomic mass is 32.1. The summed E-state index contributed by atoms with van der Waals surface area (Å²) in [6.45, 7) is 8.66. The molecule has 0 bridgehead atoms. The molecule has 0 amide bonds. The van der Waals surface area contributed by atoms with Gasteiger partial charge in [0.05, 0.1) is 49.0 Å². The Labute approximate surface area is 284 Å². The first-order valence-corrected chi connectivity index (χ1v) is 16.7. The van der Waals surface area contributed by atoms with Gasteiger partial charge in [0, 0.05) is 23.6 Å². The van der Waals surface area contributed by atoms with E-state index in [4.69, 9.17) is 23.9 Å². The SMILES string of the molecule is COc1ccc(-c2cc(-c3cc(C)c(C)c(OC)c3)nn2C(C)=O)cc1OCCCCOc1cc(-c2nc3ccccc3s2)ccc1C. The molecule has 0 aliphatic carbocycles. The molecule has 0 fully saturated rings. The van der Waals surface area contributed by atoms with E-state index in [0.29, 0.717) is 36.1 Å². The third-order valence-electron chi connectivity index (χ3n) is 8.39. The third-order valence-corrected chi connectivity index (χ3v) is 9.47. The number of methoxy groups -OCH3 is 2. The van der Waals surface area contributed by atoms with Crippen molar-refractivity contribution in [1.82, 2.24) is 14.8 Å². The molecule has 6 aromatic rings. The summed E-state index contributed by atoms with van der Waals surface area (Å²) in [5, 5.41) is 5.64. The molecule has 0 radical (unpaired) electrons. The van der Waals surface area contributed by atoms with Crippen LogP contribution in [0.1, 0.15) is 41.3 Å². The minimum absolute atomic E-state index is 0.189. The largest absolute Gasteiger partial charge is 0.496 e. The lowest BCUT2D eigenvalue weighted by Gasteiger charge is -2.13. The minimum atomic E-state index is -0.189. The lowest BCUT2D eigenvalue weighted by atomic mass is 10.0. The average molecular weight is 662 g/mol. The summed E-state index contributed by atoms with van der Waals surface area (Å²) in [6.07, 6.45) is 1.60. The molecule has 0 atom stereocenters. The van der Waals surface area contributed by atoms with Gasteiger partial charge in [0.15, 0.2) is 11.5 Å². The number of unbranched alkanes of at least 4 members (excludes halogenated alkanes) is 1.